The summed E-state index contributed by atoms with van der Waals surface area (Å²) in [7, 11) is 4.99. The summed E-state index contributed by atoms with van der Waals surface area (Å²) in [5, 5.41) is 0. The molecule has 3 aromatic rings. The first kappa shape index (κ1) is 22.0. The van der Waals surface area contributed by atoms with E-state index in [1.165, 1.54) is 0 Å². The van der Waals surface area contributed by atoms with Gasteiger partial charge in [-0.15, -0.1) is 0 Å². The molecule has 5 nitrogen and oxygen atoms in total. The number of amides is 1. The Hall–Kier alpha value is -3.73. The van der Waals surface area contributed by atoms with E-state index in [9.17, 15) is 4.79 Å². The minimum absolute atomic E-state index is 0.0707. The number of nitrogens with zero attached hydrogens (tertiary/aromatic N) is 1. The molecule has 0 radical (unpaired) electrons. The van der Waals surface area contributed by atoms with Gasteiger partial charge >= 0.3 is 0 Å². The second-order valence-corrected chi connectivity index (χ2v) is 7.09. The molecule has 3 aromatic carbocycles. The van der Waals surface area contributed by atoms with Crippen molar-refractivity contribution in [3.05, 3.63) is 90.5 Å². The Balaban J connectivity index is 1.62. The number of methoxy groups -OCH3 is 2. The van der Waals surface area contributed by atoms with Crippen LogP contribution in [0.3, 0.4) is 0 Å². The van der Waals surface area contributed by atoms with E-state index in [1.54, 1.807) is 38.3 Å². The van der Waals surface area contributed by atoms with Crippen molar-refractivity contribution in [1.82, 2.24) is 4.90 Å². The van der Waals surface area contributed by atoms with E-state index >= 15 is 0 Å². The molecule has 0 aliphatic rings. The molecule has 1 amide bonds. The van der Waals surface area contributed by atoms with Gasteiger partial charge in [0.2, 0.25) is 0 Å². The van der Waals surface area contributed by atoms with Crippen LogP contribution in [0.5, 0.6) is 23.0 Å². The third kappa shape index (κ3) is 5.66. The Morgan fingerprint density at radius 1 is 0.839 bits per heavy atom. The van der Waals surface area contributed by atoms with E-state index in [0.717, 1.165) is 16.9 Å². The summed E-state index contributed by atoms with van der Waals surface area (Å²) in [4.78, 5) is 14.6. The van der Waals surface area contributed by atoms with Gasteiger partial charge < -0.3 is 19.1 Å². The molecule has 0 aliphatic carbocycles. The van der Waals surface area contributed by atoms with Crippen molar-refractivity contribution in [2.24, 2.45) is 0 Å². The van der Waals surface area contributed by atoms with E-state index in [-0.39, 0.29) is 5.91 Å². The SMILES string of the molecule is C=C(CCN(C)C(=O)c1cccc(Oc2ccccc2)c1)c1ccc(OC)c(OC)c1. The zero-order chi connectivity index (χ0) is 22.2. The molecule has 31 heavy (non-hydrogen) atoms. The van der Waals surface area contributed by atoms with Crippen molar-refractivity contribution < 1.29 is 19.0 Å². The summed E-state index contributed by atoms with van der Waals surface area (Å²) >= 11 is 0. The molecule has 0 spiro atoms. The number of hydrogen-bond donors (Lipinski definition) is 0. The Morgan fingerprint density at radius 2 is 1.55 bits per heavy atom. The van der Waals surface area contributed by atoms with Crippen LogP contribution in [0.15, 0.2) is 79.4 Å². The van der Waals surface area contributed by atoms with Crippen molar-refractivity contribution in [2.75, 3.05) is 27.8 Å². The van der Waals surface area contributed by atoms with Crippen LogP contribution in [0.4, 0.5) is 0 Å². The number of carbonyl (C=O) groups is 1. The fourth-order valence-corrected chi connectivity index (χ4v) is 3.14. The van der Waals surface area contributed by atoms with Gasteiger partial charge in [-0.1, -0.05) is 36.9 Å². The zero-order valence-electron chi connectivity index (χ0n) is 18.1. The third-order valence-corrected chi connectivity index (χ3v) is 4.95. The van der Waals surface area contributed by atoms with Crippen LogP contribution < -0.4 is 14.2 Å². The molecule has 3 rings (SSSR count). The van der Waals surface area contributed by atoms with Gasteiger partial charge in [-0.3, -0.25) is 4.79 Å². The Kier molecular flexibility index (Phi) is 7.33. The largest absolute Gasteiger partial charge is 0.493 e. The van der Waals surface area contributed by atoms with Crippen molar-refractivity contribution in [3.8, 4) is 23.0 Å². The first-order chi connectivity index (χ1) is 15.0. The highest BCUT2D eigenvalue weighted by molar-refractivity contribution is 5.94. The first-order valence-electron chi connectivity index (χ1n) is 10.0. The number of ether oxygens (including phenoxy) is 3. The van der Waals surface area contributed by atoms with E-state index in [0.29, 0.717) is 35.8 Å². The average molecular weight is 418 g/mol. The van der Waals surface area contributed by atoms with Crippen molar-refractivity contribution in [1.29, 1.82) is 0 Å². The Morgan fingerprint density at radius 3 is 2.26 bits per heavy atom. The lowest BCUT2D eigenvalue weighted by Gasteiger charge is -2.19. The Bertz CT molecular complexity index is 1050. The average Bonchev–Trinajstić information content (AvgIpc) is 2.82. The summed E-state index contributed by atoms with van der Waals surface area (Å²) in [6.45, 7) is 4.70. The molecule has 0 N–H and O–H groups in total. The summed E-state index contributed by atoms with van der Waals surface area (Å²) in [5.74, 6) is 2.61. The molecule has 0 bridgehead atoms. The quantitative estimate of drug-likeness (QED) is 0.450. The van der Waals surface area contributed by atoms with Gasteiger partial charge in [0, 0.05) is 19.2 Å². The number of hydrogen-bond acceptors (Lipinski definition) is 4. The second kappa shape index (κ2) is 10.3. The fourth-order valence-electron chi connectivity index (χ4n) is 3.14. The number of benzene rings is 3. The highest BCUT2D eigenvalue weighted by Gasteiger charge is 2.14. The monoisotopic (exact) mass is 417 g/mol. The Labute approximate surface area is 183 Å². The van der Waals surface area contributed by atoms with E-state index in [2.05, 4.69) is 6.58 Å². The van der Waals surface area contributed by atoms with Gasteiger partial charge in [0.05, 0.1) is 14.2 Å². The normalized spacial score (nSPS) is 10.3. The van der Waals surface area contributed by atoms with Crippen LogP contribution >= 0.6 is 0 Å². The minimum atomic E-state index is -0.0707. The highest BCUT2D eigenvalue weighted by Crippen LogP contribution is 2.31. The van der Waals surface area contributed by atoms with Crippen LogP contribution in [0, 0.1) is 0 Å². The van der Waals surface area contributed by atoms with Gasteiger partial charge in [-0.05, 0) is 60.0 Å². The smallest absolute Gasteiger partial charge is 0.253 e. The zero-order valence-corrected chi connectivity index (χ0v) is 18.1. The maximum Gasteiger partial charge on any atom is 0.253 e. The van der Waals surface area contributed by atoms with E-state index in [4.69, 9.17) is 14.2 Å². The fraction of sp³-hybridized carbons (Fsp3) is 0.192. The maximum absolute atomic E-state index is 12.9. The van der Waals surface area contributed by atoms with Crippen LogP contribution in [-0.4, -0.2) is 38.6 Å². The molecule has 0 heterocycles. The molecule has 0 aliphatic heterocycles. The lowest BCUT2D eigenvalue weighted by molar-refractivity contribution is 0.0798. The lowest BCUT2D eigenvalue weighted by Crippen LogP contribution is -2.27. The van der Waals surface area contributed by atoms with E-state index < -0.39 is 0 Å². The number of carbonyl (C=O) groups excluding carboxylic acids is 1. The molecule has 0 atom stereocenters. The van der Waals surface area contributed by atoms with Crippen LogP contribution in [0.25, 0.3) is 5.57 Å². The van der Waals surface area contributed by atoms with Gasteiger partial charge in [0.1, 0.15) is 11.5 Å². The molecular weight excluding hydrogens is 390 g/mol. The molecule has 0 aromatic heterocycles. The summed E-state index contributed by atoms with van der Waals surface area (Å²) in [5.41, 5.74) is 2.45. The highest BCUT2D eigenvalue weighted by atomic mass is 16.5. The predicted molar refractivity (Wildman–Crippen MR) is 123 cm³/mol. The van der Waals surface area contributed by atoms with Gasteiger partial charge in [0.15, 0.2) is 11.5 Å². The number of para-hydroxylation sites is 1. The van der Waals surface area contributed by atoms with Gasteiger partial charge in [-0.2, -0.15) is 0 Å². The standard InChI is InChI=1S/C26H27NO4/c1-19(20-13-14-24(29-3)25(18-20)30-4)15-16-27(2)26(28)21-9-8-12-23(17-21)31-22-10-6-5-7-11-22/h5-14,17-18H,1,15-16H2,2-4H3. The number of rotatable bonds is 9. The summed E-state index contributed by atoms with van der Waals surface area (Å²) in [6.07, 6.45) is 0.637. The minimum Gasteiger partial charge on any atom is -0.493 e. The van der Waals surface area contributed by atoms with Gasteiger partial charge in [0.25, 0.3) is 5.91 Å². The molecule has 160 valence electrons. The molecule has 0 saturated heterocycles. The van der Waals surface area contributed by atoms with Crippen molar-refractivity contribution in [3.63, 3.8) is 0 Å². The first-order valence-corrected chi connectivity index (χ1v) is 10.0. The topological polar surface area (TPSA) is 48.0 Å². The lowest BCUT2D eigenvalue weighted by atomic mass is 10.0. The third-order valence-electron chi connectivity index (χ3n) is 4.95. The molecular formula is C26H27NO4. The van der Waals surface area contributed by atoms with Crippen LogP contribution in [0.2, 0.25) is 0 Å². The molecule has 5 heteroatoms. The molecule has 0 fully saturated rings. The van der Waals surface area contributed by atoms with Gasteiger partial charge in [-0.25, -0.2) is 0 Å². The molecule has 0 unspecified atom stereocenters. The van der Waals surface area contributed by atoms with E-state index in [1.807, 2.05) is 60.7 Å². The van der Waals surface area contributed by atoms with Crippen LogP contribution in [-0.2, 0) is 0 Å². The summed E-state index contributed by atoms with van der Waals surface area (Å²) < 4.78 is 16.5. The van der Waals surface area contributed by atoms with Crippen molar-refractivity contribution >= 4 is 11.5 Å². The summed E-state index contributed by atoms with van der Waals surface area (Å²) in [6, 6.07) is 22.4. The second-order valence-electron chi connectivity index (χ2n) is 7.09. The predicted octanol–water partition coefficient (Wildman–Crippen LogP) is 5.67. The van der Waals surface area contributed by atoms with Crippen molar-refractivity contribution in [2.45, 2.75) is 6.42 Å². The van der Waals surface area contributed by atoms with Crippen LogP contribution in [0.1, 0.15) is 22.3 Å². The maximum atomic E-state index is 12.9. The molecule has 0 saturated carbocycles.